The lowest BCUT2D eigenvalue weighted by atomic mass is 10.0. The van der Waals surface area contributed by atoms with Crippen LogP contribution >= 0.6 is 0 Å². The number of methoxy groups -OCH3 is 1. The van der Waals surface area contributed by atoms with Gasteiger partial charge in [-0.15, -0.1) is 0 Å². The van der Waals surface area contributed by atoms with Crippen LogP contribution in [0.1, 0.15) is 24.2 Å². The quantitative estimate of drug-likeness (QED) is 0.700. The van der Waals surface area contributed by atoms with Gasteiger partial charge in [0.05, 0.1) is 17.4 Å². The van der Waals surface area contributed by atoms with E-state index in [9.17, 15) is 17.6 Å². The third-order valence-electron chi connectivity index (χ3n) is 5.61. The standard InChI is InChI=1S/C23H30FN3O5S/c1-15-12-25-16(2)14-32-20-11-17(26-33(29,30)22-8-6-5-7-19(22)24)9-10-18(20)23(28)27(3)13-21(15)31-4/h5-11,15-16,21,25-26H,12-14H2,1-4H3/t15-,16-,21+/m1/s1. The normalized spacial score (nSPS) is 22.5. The highest BCUT2D eigenvalue weighted by Gasteiger charge is 2.26. The molecule has 1 amide bonds. The highest BCUT2D eigenvalue weighted by molar-refractivity contribution is 7.92. The average Bonchev–Trinajstić information content (AvgIpc) is 2.78. The van der Waals surface area contributed by atoms with Gasteiger partial charge in [-0.25, -0.2) is 12.8 Å². The molecule has 0 unspecified atom stereocenters. The monoisotopic (exact) mass is 479 g/mol. The zero-order valence-corrected chi connectivity index (χ0v) is 20.0. The Kier molecular flexibility index (Phi) is 7.93. The highest BCUT2D eigenvalue weighted by atomic mass is 32.2. The average molecular weight is 480 g/mol. The number of amides is 1. The molecule has 0 fully saturated rings. The van der Waals surface area contributed by atoms with Crippen molar-refractivity contribution in [3.05, 3.63) is 53.8 Å². The maximum Gasteiger partial charge on any atom is 0.264 e. The number of carbonyl (C=O) groups is 1. The molecule has 1 aliphatic rings. The van der Waals surface area contributed by atoms with E-state index >= 15 is 0 Å². The van der Waals surface area contributed by atoms with Gasteiger partial charge in [-0.2, -0.15) is 0 Å². The molecule has 1 heterocycles. The fourth-order valence-electron chi connectivity index (χ4n) is 3.59. The summed E-state index contributed by atoms with van der Waals surface area (Å²) in [4.78, 5) is 14.2. The fourth-order valence-corrected chi connectivity index (χ4v) is 4.72. The van der Waals surface area contributed by atoms with Crippen molar-refractivity contribution in [2.75, 3.05) is 38.6 Å². The summed E-state index contributed by atoms with van der Waals surface area (Å²) < 4.78 is 53.3. The fraction of sp³-hybridized carbons (Fsp3) is 0.435. The molecule has 33 heavy (non-hydrogen) atoms. The minimum Gasteiger partial charge on any atom is -0.491 e. The smallest absolute Gasteiger partial charge is 0.264 e. The summed E-state index contributed by atoms with van der Waals surface area (Å²) in [6, 6.07) is 9.48. The van der Waals surface area contributed by atoms with Gasteiger partial charge in [-0.05, 0) is 37.1 Å². The number of ether oxygens (including phenoxy) is 2. The Morgan fingerprint density at radius 2 is 1.94 bits per heavy atom. The number of likely N-dealkylation sites (N-methyl/N-ethyl adjacent to an activating group) is 1. The second kappa shape index (κ2) is 10.5. The van der Waals surface area contributed by atoms with E-state index in [0.717, 1.165) is 6.07 Å². The minimum absolute atomic E-state index is 0.0242. The van der Waals surface area contributed by atoms with E-state index in [2.05, 4.69) is 17.0 Å². The van der Waals surface area contributed by atoms with E-state index in [-0.39, 0.29) is 42.0 Å². The molecule has 2 N–H and O–H groups in total. The summed E-state index contributed by atoms with van der Waals surface area (Å²) in [7, 11) is -0.860. The van der Waals surface area contributed by atoms with Crippen LogP contribution in [0.25, 0.3) is 0 Å². The van der Waals surface area contributed by atoms with E-state index in [4.69, 9.17) is 9.47 Å². The van der Waals surface area contributed by atoms with Gasteiger partial charge in [-0.3, -0.25) is 9.52 Å². The van der Waals surface area contributed by atoms with Gasteiger partial charge < -0.3 is 19.7 Å². The SMILES string of the molecule is CO[C@H]1CN(C)C(=O)c2ccc(NS(=O)(=O)c3ccccc3F)cc2OC[C@@H](C)NC[C@H]1C. The first-order valence-electron chi connectivity index (χ1n) is 10.7. The van der Waals surface area contributed by atoms with Gasteiger partial charge in [0.1, 0.15) is 23.1 Å². The van der Waals surface area contributed by atoms with E-state index in [1.54, 1.807) is 19.1 Å². The Labute approximate surface area is 194 Å². The molecule has 0 bridgehead atoms. The largest absolute Gasteiger partial charge is 0.491 e. The van der Waals surface area contributed by atoms with Gasteiger partial charge in [-0.1, -0.05) is 19.1 Å². The molecule has 0 radical (unpaired) electrons. The zero-order chi connectivity index (χ0) is 24.2. The van der Waals surface area contributed by atoms with Crippen molar-refractivity contribution in [1.29, 1.82) is 0 Å². The van der Waals surface area contributed by atoms with Crippen molar-refractivity contribution in [2.45, 2.75) is 30.9 Å². The van der Waals surface area contributed by atoms with E-state index < -0.39 is 20.7 Å². The number of carbonyl (C=O) groups excluding carboxylic acids is 1. The van der Waals surface area contributed by atoms with Gasteiger partial charge >= 0.3 is 0 Å². The van der Waals surface area contributed by atoms with Gasteiger partial charge in [0.25, 0.3) is 15.9 Å². The summed E-state index contributed by atoms with van der Waals surface area (Å²) >= 11 is 0. The molecule has 180 valence electrons. The number of nitrogens with zero attached hydrogens (tertiary/aromatic N) is 1. The molecule has 0 saturated carbocycles. The van der Waals surface area contributed by atoms with Crippen LogP contribution in [0.4, 0.5) is 10.1 Å². The van der Waals surface area contributed by atoms with Crippen molar-refractivity contribution in [3.63, 3.8) is 0 Å². The van der Waals surface area contributed by atoms with E-state index in [1.165, 1.54) is 36.4 Å². The van der Waals surface area contributed by atoms with Crippen LogP contribution in [0.5, 0.6) is 5.75 Å². The Balaban J connectivity index is 1.93. The molecule has 8 nitrogen and oxygen atoms in total. The number of hydrogen-bond acceptors (Lipinski definition) is 6. The first kappa shape index (κ1) is 24.9. The van der Waals surface area contributed by atoms with Crippen LogP contribution in [-0.2, 0) is 14.8 Å². The first-order chi connectivity index (χ1) is 15.6. The van der Waals surface area contributed by atoms with E-state index in [1.807, 2.05) is 6.92 Å². The third kappa shape index (κ3) is 6.01. The van der Waals surface area contributed by atoms with Gasteiger partial charge in [0.15, 0.2) is 0 Å². The van der Waals surface area contributed by atoms with Crippen molar-refractivity contribution in [2.24, 2.45) is 5.92 Å². The van der Waals surface area contributed by atoms with Crippen LogP contribution in [0, 0.1) is 11.7 Å². The van der Waals surface area contributed by atoms with E-state index in [0.29, 0.717) is 18.7 Å². The number of hydrogen-bond donors (Lipinski definition) is 2. The number of rotatable bonds is 4. The third-order valence-corrected chi connectivity index (χ3v) is 7.02. The first-order valence-corrected chi connectivity index (χ1v) is 12.2. The maximum atomic E-state index is 14.0. The van der Waals surface area contributed by atoms with Gasteiger partial charge in [0.2, 0.25) is 0 Å². The Hall–Kier alpha value is -2.69. The summed E-state index contributed by atoms with van der Waals surface area (Å²) in [5, 5.41) is 3.39. The molecule has 0 aliphatic carbocycles. The second-order valence-corrected chi connectivity index (χ2v) is 9.96. The number of anilines is 1. The molecule has 0 saturated heterocycles. The predicted molar refractivity (Wildman–Crippen MR) is 124 cm³/mol. The number of nitrogens with one attached hydrogen (secondary N) is 2. The highest BCUT2D eigenvalue weighted by Crippen LogP contribution is 2.28. The number of sulfonamides is 1. The van der Waals surface area contributed by atoms with Gasteiger partial charge in [0, 0.05) is 39.4 Å². The zero-order valence-electron chi connectivity index (χ0n) is 19.2. The molecule has 10 heteroatoms. The molecule has 1 aliphatic heterocycles. The molecule has 0 spiro atoms. The van der Waals surface area contributed by atoms with Crippen molar-refractivity contribution in [1.82, 2.24) is 10.2 Å². The minimum atomic E-state index is -4.17. The summed E-state index contributed by atoms with van der Waals surface area (Å²) in [5.74, 6) is -0.728. The maximum absolute atomic E-state index is 14.0. The molecular formula is C23H30FN3O5S. The lowest BCUT2D eigenvalue weighted by Gasteiger charge is -2.30. The van der Waals surface area contributed by atoms with Crippen LogP contribution in [0.2, 0.25) is 0 Å². The van der Waals surface area contributed by atoms with Crippen LogP contribution in [-0.4, -0.2) is 65.2 Å². The van der Waals surface area contributed by atoms with Crippen molar-refractivity contribution < 1.29 is 27.1 Å². The number of benzene rings is 2. The Morgan fingerprint density at radius 3 is 2.64 bits per heavy atom. The van der Waals surface area contributed by atoms with Crippen LogP contribution in [0.3, 0.4) is 0 Å². The molecule has 0 aromatic heterocycles. The van der Waals surface area contributed by atoms with Crippen LogP contribution in [0.15, 0.2) is 47.4 Å². The summed E-state index contributed by atoms with van der Waals surface area (Å²) in [5.41, 5.74) is 0.449. The number of fused-ring (bicyclic) bond motifs is 1. The summed E-state index contributed by atoms with van der Waals surface area (Å²) in [6.07, 6.45) is -0.158. The lowest BCUT2D eigenvalue weighted by Crippen LogP contribution is -2.44. The molecule has 2 aromatic rings. The van der Waals surface area contributed by atoms with Crippen molar-refractivity contribution >= 4 is 21.6 Å². The topological polar surface area (TPSA) is 97.0 Å². The Morgan fingerprint density at radius 1 is 1.21 bits per heavy atom. The van der Waals surface area contributed by atoms with Crippen LogP contribution < -0.4 is 14.8 Å². The molecule has 3 atom stereocenters. The van der Waals surface area contributed by atoms with Crippen molar-refractivity contribution in [3.8, 4) is 5.75 Å². The molecule has 3 rings (SSSR count). The second-order valence-electron chi connectivity index (χ2n) is 8.30. The predicted octanol–water partition coefficient (Wildman–Crippen LogP) is 2.72. The molecule has 2 aromatic carbocycles. The Bertz CT molecular complexity index is 1100. The summed E-state index contributed by atoms with van der Waals surface area (Å²) in [6.45, 7) is 5.34. The lowest BCUT2D eigenvalue weighted by molar-refractivity contribution is 0.0281. The molecular weight excluding hydrogens is 449 g/mol. The number of halogens is 1.